The van der Waals surface area contributed by atoms with Crippen molar-refractivity contribution in [2.45, 2.75) is 19.9 Å². The van der Waals surface area contributed by atoms with Crippen LogP contribution < -0.4 is 15.1 Å². The molecule has 2 heterocycles. The predicted octanol–water partition coefficient (Wildman–Crippen LogP) is 4.74. The Bertz CT molecular complexity index is 1570. The first kappa shape index (κ1) is 23.2. The van der Waals surface area contributed by atoms with Crippen LogP contribution in [0.15, 0.2) is 69.9 Å². The predicted molar refractivity (Wildman–Crippen MR) is 133 cm³/mol. The van der Waals surface area contributed by atoms with Gasteiger partial charge >= 0.3 is 5.97 Å². The number of phenolic OH excluding ortho intramolecular Hbond substituents is 1. The van der Waals surface area contributed by atoms with Crippen LogP contribution in [0.1, 0.15) is 50.6 Å². The number of anilines is 1. The molecule has 1 aromatic heterocycles. The molecule has 1 unspecified atom stereocenters. The summed E-state index contributed by atoms with van der Waals surface area (Å²) in [5.74, 6) is -0.893. The Labute approximate surface area is 206 Å². The second-order valence-corrected chi connectivity index (χ2v) is 8.45. The normalized spacial score (nSPS) is 14.7. The molecule has 1 N–H and O–H groups in total. The third-order valence-corrected chi connectivity index (χ3v) is 6.20. The monoisotopic (exact) mass is 485 g/mol. The molecular weight excluding hydrogens is 462 g/mol. The number of hydrogen-bond donors (Lipinski definition) is 1. The van der Waals surface area contributed by atoms with E-state index < -0.39 is 17.9 Å². The van der Waals surface area contributed by atoms with E-state index in [-0.39, 0.29) is 34.9 Å². The Morgan fingerprint density at radius 3 is 2.50 bits per heavy atom. The van der Waals surface area contributed by atoms with Gasteiger partial charge in [0.25, 0.3) is 5.91 Å². The fraction of sp³-hybridized carbons (Fsp3) is 0.179. The molecule has 8 nitrogen and oxygen atoms in total. The van der Waals surface area contributed by atoms with Crippen molar-refractivity contribution in [1.29, 1.82) is 0 Å². The Balaban J connectivity index is 1.73. The molecule has 3 aromatic carbocycles. The zero-order valence-corrected chi connectivity index (χ0v) is 19.9. The summed E-state index contributed by atoms with van der Waals surface area (Å²) in [5, 5.41) is 10.5. The van der Waals surface area contributed by atoms with Crippen LogP contribution in [-0.4, -0.2) is 30.7 Å². The van der Waals surface area contributed by atoms with Gasteiger partial charge in [-0.25, -0.2) is 4.79 Å². The van der Waals surface area contributed by atoms with E-state index in [1.807, 2.05) is 13.0 Å². The molecule has 0 fully saturated rings. The molecule has 1 aliphatic rings. The molecule has 0 bridgehead atoms. The summed E-state index contributed by atoms with van der Waals surface area (Å²) >= 11 is 0. The quantitative estimate of drug-likeness (QED) is 0.407. The highest BCUT2D eigenvalue weighted by molar-refractivity contribution is 6.10. The van der Waals surface area contributed by atoms with Gasteiger partial charge in [-0.1, -0.05) is 17.7 Å². The second kappa shape index (κ2) is 8.88. The van der Waals surface area contributed by atoms with Gasteiger partial charge in [-0.15, -0.1) is 0 Å². The number of hydrogen-bond acceptors (Lipinski definition) is 7. The lowest BCUT2D eigenvalue weighted by molar-refractivity contribution is 0.0526. The molecule has 36 heavy (non-hydrogen) atoms. The van der Waals surface area contributed by atoms with Crippen LogP contribution in [0.25, 0.3) is 11.0 Å². The summed E-state index contributed by atoms with van der Waals surface area (Å²) in [6, 6.07) is 15.4. The molecule has 1 aliphatic heterocycles. The van der Waals surface area contributed by atoms with E-state index in [1.54, 1.807) is 55.5 Å². The number of nitrogens with zero attached hydrogens (tertiary/aromatic N) is 1. The highest BCUT2D eigenvalue weighted by Gasteiger charge is 2.44. The minimum Gasteiger partial charge on any atom is -0.504 e. The molecule has 1 atom stereocenters. The topological polar surface area (TPSA) is 106 Å². The van der Waals surface area contributed by atoms with Crippen LogP contribution in [0.5, 0.6) is 11.5 Å². The number of rotatable bonds is 5. The fourth-order valence-corrected chi connectivity index (χ4v) is 4.51. The van der Waals surface area contributed by atoms with E-state index in [4.69, 9.17) is 13.9 Å². The number of fused-ring (bicyclic) bond motifs is 2. The molecule has 0 aliphatic carbocycles. The molecule has 8 heteroatoms. The van der Waals surface area contributed by atoms with Crippen LogP contribution in [0.2, 0.25) is 0 Å². The summed E-state index contributed by atoms with van der Waals surface area (Å²) in [6.07, 6.45) is 0. The van der Waals surface area contributed by atoms with Gasteiger partial charge in [-0.05, 0) is 67.9 Å². The highest BCUT2D eigenvalue weighted by Crippen LogP contribution is 2.43. The number of amides is 1. The summed E-state index contributed by atoms with van der Waals surface area (Å²) in [6.45, 7) is 3.83. The number of carbonyl (C=O) groups excluding carboxylic acids is 2. The number of aromatic hydroxyl groups is 1. The van der Waals surface area contributed by atoms with Crippen LogP contribution in [0.3, 0.4) is 0 Å². The summed E-state index contributed by atoms with van der Waals surface area (Å²) < 4.78 is 16.3. The number of phenols is 1. The first-order valence-corrected chi connectivity index (χ1v) is 11.4. The first-order chi connectivity index (χ1) is 17.3. The zero-order chi connectivity index (χ0) is 25.6. The van der Waals surface area contributed by atoms with Crippen molar-refractivity contribution in [2.24, 2.45) is 0 Å². The lowest BCUT2D eigenvalue weighted by atomic mass is 9.97. The molecule has 0 spiro atoms. The van der Waals surface area contributed by atoms with Crippen molar-refractivity contribution in [3.05, 3.63) is 98.9 Å². The van der Waals surface area contributed by atoms with Crippen molar-refractivity contribution in [1.82, 2.24) is 0 Å². The van der Waals surface area contributed by atoms with Crippen molar-refractivity contribution in [3.8, 4) is 11.5 Å². The van der Waals surface area contributed by atoms with E-state index >= 15 is 0 Å². The third kappa shape index (κ3) is 3.67. The van der Waals surface area contributed by atoms with Gasteiger partial charge in [0.1, 0.15) is 5.58 Å². The first-order valence-electron chi connectivity index (χ1n) is 11.4. The van der Waals surface area contributed by atoms with E-state index in [0.717, 1.165) is 5.56 Å². The lowest BCUT2D eigenvalue weighted by Crippen LogP contribution is -2.29. The van der Waals surface area contributed by atoms with Gasteiger partial charge in [0.15, 0.2) is 16.9 Å². The van der Waals surface area contributed by atoms with E-state index in [1.165, 1.54) is 18.1 Å². The number of benzene rings is 3. The number of carbonyl (C=O) groups is 2. The molecular formula is C28H23NO7. The molecule has 1 amide bonds. The number of ether oxygens (including phenoxy) is 2. The maximum absolute atomic E-state index is 13.7. The smallest absolute Gasteiger partial charge is 0.338 e. The van der Waals surface area contributed by atoms with Gasteiger partial charge in [-0.2, -0.15) is 0 Å². The molecule has 0 saturated carbocycles. The lowest BCUT2D eigenvalue weighted by Gasteiger charge is -2.25. The van der Waals surface area contributed by atoms with Gasteiger partial charge in [0, 0.05) is 5.69 Å². The molecule has 0 radical (unpaired) electrons. The van der Waals surface area contributed by atoms with Crippen molar-refractivity contribution in [3.63, 3.8) is 0 Å². The molecule has 5 rings (SSSR count). The van der Waals surface area contributed by atoms with E-state index in [9.17, 15) is 19.5 Å². The fourth-order valence-electron chi connectivity index (χ4n) is 4.51. The summed E-state index contributed by atoms with van der Waals surface area (Å²) in [7, 11) is 1.42. The van der Waals surface area contributed by atoms with Crippen LogP contribution in [0.4, 0.5) is 5.69 Å². The van der Waals surface area contributed by atoms with E-state index in [2.05, 4.69) is 0 Å². The average molecular weight is 485 g/mol. The van der Waals surface area contributed by atoms with Gasteiger partial charge in [-0.3, -0.25) is 14.5 Å². The Morgan fingerprint density at radius 1 is 1.06 bits per heavy atom. The van der Waals surface area contributed by atoms with Crippen molar-refractivity contribution in [2.75, 3.05) is 18.6 Å². The van der Waals surface area contributed by atoms with Gasteiger partial charge in [0.2, 0.25) is 5.76 Å². The number of esters is 1. The van der Waals surface area contributed by atoms with Crippen molar-refractivity contribution >= 4 is 28.5 Å². The van der Waals surface area contributed by atoms with Crippen LogP contribution in [0, 0.1) is 6.92 Å². The third-order valence-electron chi connectivity index (χ3n) is 6.20. The molecule has 0 saturated heterocycles. The van der Waals surface area contributed by atoms with Crippen molar-refractivity contribution < 1.29 is 28.6 Å². The van der Waals surface area contributed by atoms with Crippen LogP contribution >= 0.6 is 0 Å². The second-order valence-electron chi connectivity index (χ2n) is 8.45. The van der Waals surface area contributed by atoms with Gasteiger partial charge in [0.05, 0.1) is 36.3 Å². The zero-order valence-electron chi connectivity index (χ0n) is 19.9. The largest absolute Gasteiger partial charge is 0.504 e. The minimum absolute atomic E-state index is 0.0529. The maximum atomic E-state index is 13.7. The minimum atomic E-state index is -0.850. The van der Waals surface area contributed by atoms with Crippen LogP contribution in [-0.2, 0) is 4.74 Å². The maximum Gasteiger partial charge on any atom is 0.338 e. The molecule has 182 valence electrons. The number of aryl methyl sites for hydroxylation is 1. The SMILES string of the molecule is CCOC(=O)c1ccc(N2C(=O)c3oc4ccc(C)cc4c(=O)c3C2c2ccc(O)c(OC)c2)cc1. The number of methoxy groups -OCH3 is 1. The average Bonchev–Trinajstić information content (AvgIpc) is 3.17. The summed E-state index contributed by atoms with van der Waals surface area (Å²) in [4.78, 5) is 41.0. The van der Waals surface area contributed by atoms with Gasteiger partial charge < -0.3 is 19.0 Å². The highest BCUT2D eigenvalue weighted by atomic mass is 16.5. The van der Waals surface area contributed by atoms with E-state index in [0.29, 0.717) is 27.8 Å². The standard InChI is InChI=1S/C28H23NO7/c1-4-35-28(33)16-6-9-18(10-7-16)29-24(17-8-11-20(30)22(14-17)34-3)23-25(31)19-13-15(2)5-12-21(19)36-26(23)27(29)32/h5-14,24,30H,4H2,1-3H3. The Morgan fingerprint density at radius 2 is 1.81 bits per heavy atom. The Hall–Kier alpha value is -4.59. The Kier molecular flexibility index (Phi) is 5.72. The summed E-state index contributed by atoms with van der Waals surface area (Å²) in [5.41, 5.74) is 2.42. The molecule has 4 aromatic rings.